The fourth-order valence-electron chi connectivity index (χ4n) is 4.87. The van der Waals surface area contributed by atoms with Crippen molar-refractivity contribution in [3.63, 3.8) is 0 Å². The van der Waals surface area contributed by atoms with E-state index >= 15 is 0 Å². The molecule has 5 rings (SSSR count). The van der Waals surface area contributed by atoms with E-state index in [0.29, 0.717) is 6.61 Å². The lowest BCUT2D eigenvalue weighted by Gasteiger charge is -2.34. The molecule has 2 atom stereocenters. The van der Waals surface area contributed by atoms with Crippen molar-refractivity contribution in [1.29, 1.82) is 0 Å². The normalized spacial score (nSPS) is 20.8. The smallest absolute Gasteiger partial charge is 0.126 e. The Labute approximate surface area is 184 Å². The van der Waals surface area contributed by atoms with Crippen molar-refractivity contribution in [2.45, 2.75) is 24.7 Å². The van der Waals surface area contributed by atoms with Crippen LogP contribution in [0.3, 0.4) is 0 Å². The molecule has 0 aliphatic carbocycles. The van der Waals surface area contributed by atoms with Crippen molar-refractivity contribution in [2.24, 2.45) is 0 Å². The lowest BCUT2D eigenvalue weighted by atomic mass is 9.76. The van der Waals surface area contributed by atoms with E-state index in [9.17, 15) is 5.11 Å². The third-order valence-corrected chi connectivity index (χ3v) is 6.49. The van der Waals surface area contributed by atoms with E-state index < -0.39 is 0 Å². The summed E-state index contributed by atoms with van der Waals surface area (Å²) in [5.74, 6) is 2.28. The molecule has 1 saturated heterocycles. The van der Waals surface area contributed by atoms with Gasteiger partial charge < -0.3 is 14.6 Å². The second kappa shape index (κ2) is 9.03. The summed E-state index contributed by atoms with van der Waals surface area (Å²) in [6, 6.07) is 24.5. The van der Waals surface area contributed by atoms with Gasteiger partial charge in [-0.3, -0.25) is 4.90 Å². The molecule has 2 aliphatic heterocycles. The van der Waals surface area contributed by atoms with Gasteiger partial charge in [-0.05, 0) is 55.3 Å². The Balaban J connectivity index is 1.38. The molecule has 3 aromatic rings. The van der Waals surface area contributed by atoms with Crippen molar-refractivity contribution in [3.05, 3.63) is 89.5 Å². The highest BCUT2D eigenvalue weighted by molar-refractivity contribution is 5.50. The van der Waals surface area contributed by atoms with Crippen LogP contribution in [0.4, 0.5) is 0 Å². The third-order valence-electron chi connectivity index (χ3n) is 6.49. The number of fused-ring (bicyclic) bond motifs is 1. The average molecular weight is 416 g/mol. The van der Waals surface area contributed by atoms with Crippen LogP contribution in [0.15, 0.2) is 72.8 Å². The average Bonchev–Trinajstić information content (AvgIpc) is 3.33. The van der Waals surface area contributed by atoms with Crippen LogP contribution in [0, 0.1) is 0 Å². The fraction of sp³-hybridized carbons (Fsp3) is 0.333. The molecule has 1 fully saturated rings. The third kappa shape index (κ3) is 4.40. The van der Waals surface area contributed by atoms with Crippen molar-refractivity contribution >= 4 is 0 Å². The maximum atomic E-state index is 9.93. The lowest BCUT2D eigenvalue weighted by molar-refractivity contribution is 0.237. The first-order chi connectivity index (χ1) is 15.3. The summed E-state index contributed by atoms with van der Waals surface area (Å²) in [5.41, 5.74) is 3.61. The monoisotopic (exact) mass is 415 g/mol. The van der Waals surface area contributed by atoms with Gasteiger partial charge in [-0.25, -0.2) is 0 Å². The topological polar surface area (TPSA) is 41.9 Å². The van der Waals surface area contributed by atoms with Gasteiger partial charge in [0.1, 0.15) is 23.9 Å². The molecule has 3 aromatic carbocycles. The van der Waals surface area contributed by atoms with E-state index in [-0.39, 0.29) is 17.6 Å². The van der Waals surface area contributed by atoms with Crippen molar-refractivity contribution in [3.8, 4) is 17.2 Å². The van der Waals surface area contributed by atoms with E-state index in [4.69, 9.17) is 9.47 Å². The van der Waals surface area contributed by atoms with Gasteiger partial charge in [-0.1, -0.05) is 48.5 Å². The molecule has 31 heavy (non-hydrogen) atoms. The minimum atomic E-state index is 0.158. The van der Waals surface area contributed by atoms with Crippen LogP contribution in [0.1, 0.15) is 41.4 Å². The van der Waals surface area contributed by atoms with Crippen LogP contribution < -0.4 is 9.47 Å². The van der Waals surface area contributed by atoms with Gasteiger partial charge in [0.15, 0.2) is 0 Å². The van der Waals surface area contributed by atoms with Gasteiger partial charge >= 0.3 is 0 Å². The van der Waals surface area contributed by atoms with Gasteiger partial charge in [0.2, 0.25) is 0 Å². The Morgan fingerprint density at radius 1 is 0.903 bits per heavy atom. The number of ether oxygens (including phenoxy) is 2. The van der Waals surface area contributed by atoms with Gasteiger partial charge in [0.05, 0.1) is 6.61 Å². The molecular weight excluding hydrogens is 386 g/mol. The van der Waals surface area contributed by atoms with Gasteiger partial charge in [0, 0.05) is 30.0 Å². The Morgan fingerprint density at radius 2 is 1.68 bits per heavy atom. The molecule has 2 heterocycles. The molecule has 2 aliphatic rings. The van der Waals surface area contributed by atoms with Crippen LogP contribution in [0.2, 0.25) is 0 Å². The maximum Gasteiger partial charge on any atom is 0.126 e. The highest BCUT2D eigenvalue weighted by atomic mass is 16.5. The summed E-state index contributed by atoms with van der Waals surface area (Å²) >= 11 is 0. The number of nitrogens with zero attached hydrogens (tertiary/aromatic N) is 1. The summed E-state index contributed by atoms with van der Waals surface area (Å²) in [7, 11) is 0. The summed E-state index contributed by atoms with van der Waals surface area (Å²) in [6.07, 6.45) is 2.61. The maximum absolute atomic E-state index is 9.93. The molecule has 0 amide bonds. The lowest BCUT2D eigenvalue weighted by Crippen LogP contribution is -2.25. The largest absolute Gasteiger partial charge is 0.508 e. The number of rotatable bonds is 6. The van der Waals surface area contributed by atoms with Crippen molar-refractivity contribution in [2.75, 3.05) is 32.8 Å². The predicted octanol–water partition coefficient (Wildman–Crippen LogP) is 5.17. The number of hydrogen-bond donors (Lipinski definition) is 1. The van der Waals surface area contributed by atoms with Crippen molar-refractivity contribution in [1.82, 2.24) is 4.90 Å². The highest BCUT2D eigenvalue weighted by Gasteiger charge is 2.33. The van der Waals surface area contributed by atoms with Crippen LogP contribution in [-0.2, 0) is 0 Å². The molecule has 0 unspecified atom stereocenters. The first-order valence-electron chi connectivity index (χ1n) is 11.2. The summed E-state index contributed by atoms with van der Waals surface area (Å²) in [5, 5.41) is 9.93. The molecule has 160 valence electrons. The van der Waals surface area contributed by atoms with Gasteiger partial charge in [0.25, 0.3) is 0 Å². The SMILES string of the molecule is Oc1ccc2c(c1)OC[C@@H](c1ccccc1)[C@@H]2c1ccc(OCCN2CCCC2)cc1. The quantitative estimate of drug-likeness (QED) is 0.603. The van der Waals surface area contributed by atoms with E-state index in [2.05, 4.69) is 53.4 Å². The van der Waals surface area contributed by atoms with Crippen LogP contribution in [0.25, 0.3) is 0 Å². The predicted molar refractivity (Wildman–Crippen MR) is 122 cm³/mol. The summed E-state index contributed by atoms with van der Waals surface area (Å²) in [4.78, 5) is 2.47. The van der Waals surface area contributed by atoms with Gasteiger partial charge in [-0.15, -0.1) is 0 Å². The second-order valence-corrected chi connectivity index (χ2v) is 8.49. The summed E-state index contributed by atoms with van der Waals surface area (Å²) in [6.45, 7) is 4.70. The zero-order valence-electron chi connectivity index (χ0n) is 17.7. The van der Waals surface area contributed by atoms with E-state index in [1.165, 1.54) is 37.1 Å². The molecule has 0 aromatic heterocycles. The molecule has 0 bridgehead atoms. The fourth-order valence-corrected chi connectivity index (χ4v) is 4.87. The first kappa shape index (κ1) is 20.0. The number of phenols is 1. The van der Waals surface area contributed by atoms with E-state index in [1.54, 1.807) is 12.1 Å². The Morgan fingerprint density at radius 3 is 2.45 bits per heavy atom. The van der Waals surface area contributed by atoms with E-state index in [1.807, 2.05) is 12.1 Å². The molecule has 0 radical (unpaired) electrons. The van der Waals surface area contributed by atoms with Gasteiger partial charge in [-0.2, -0.15) is 0 Å². The highest BCUT2D eigenvalue weighted by Crippen LogP contribution is 2.47. The Kier molecular flexibility index (Phi) is 5.81. The molecule has 4 heteroatoms. The molecule has 0 spiro atoms. The number of benzene rings is 3. The zero-order valence-corrected chi connectivity index (χ0v) is 17.7. The van der Waals surface area contributed by atoms with Crippen LogP contribution in [0.5, 0.6) is 17.2 Å². The van der Waals surface area contributed by atoms with Crippen molar-refractivity contribution < 1.29 is 14.6 Å². The first-order valence-corrected chi connectivity index (χ1v) is 11.2. The summed E-state index contributed by atoms with van der Waals surface area (Å²) < 4.78 is 12.1. The molecular formula is C27H29NO3. The minimum absolute atomic E-state index is 0.158. The number of hydrogen-bond acceptors (Lipinski definition) is 4. The minimum Gasteiger partial charge on any atom is -0.508 e. The number of likely N-dealkylation sites (tertiary alicyclic amines) is 1. The molecule has 1 N–H and O–H groups in total. The zero-order chi connectivity index (χ0) is 21.0. The number of phenolic OH excluding ortho intramolecular Hbond substituents is 1. The molecule has 0 saturated carbocycles. The Hall–Kier alpha value is -2.98. The standard InChI is InChI=1S/C27H29NO3/c29-22-10-13-24-26(18-22)31-19-25(20-6-2-1-3-7-20)27(24)21-8-11-23(12-9-21)30-17-16-28-14-4-5-15-28/h1-3,6-13,18,25,27,29H,4-5,14-17,19H2/t25-,27+/m0/s1. The Bertz CT molecular complexity index is 997. The van der Waals surface area contributed by atoms with Crippen LogP contribution >= 0.6 is 0 Å². The van der Waals surface area contributed by atoms with Crippen LogP contribution in [-0.4, -0.2) is 42.9 Å². The second-order valence-electron chi connectivity index (χ2n) is 8.49. The molecule has 4 nitrogen and oxygen atoms in total. The van der Waals surface area contributed by atoms with E-state index in [0.717, 1.165) is 30.2 Å². The number of aromatic hydroxyl groups is 1.